The smallest absolute Gasteiger partial charge is 0.120 e. The van der Waals surface area contributed by atoms with Crippen LogP contribution in [0.4, 0.5) is 0 Å². The minimum Gasteiger partial charge on any atom is -0.501 e. The predicted octanol–water partition coefficient (Wildman–Crippen LogP) is 14.3. The van der Waals surface area contributed by atoms with E-state index >= 15 is 0 Å². The van der Waals surface area contributed by atoms with Crippen molar-refractivity contribution < 1.29 is 31.4 Å². The third-order valence-electron chi connectivity index (χ3n) is 10.6. The van der Waals surface area contributed by atoms with Crippen LogP contribution in [0, 0.1) is 24.4 Å². The third kappa shape index (κ3) is 9.28. The monoisotopic (exact) mass is 999 g/mol. The standard InChI is InChI=1S/C35H27N2O.C20H28NSi.Ir/c1-35(2,3)24-20-21-30(28(22-24)23-12-5-4-6-13-23)37-31-18-9-8-17-29(31)36-34(37)27-16-11-15-26-25-14-7-10-19-32(25)38-33(26)27;1-15-8-10-16(11-9-15)18-12-17(13-20(2,3)4)19(14-21-18)22(5,6)7;/h4-15,17-22H,1-3H3;8-10,12,14H,13H2,1-7H3;/q2*-1;/i;1D3,13D2;. The SMILES string of the molecule is CC(C)(C)c1ccc(-n2c(-c3[c-]ccc4c3oc3ccccc34)nc3ccccc32)c(-c2ccccc2)c1.[2H]C([2H])([2H])c1c[c-]c(-c2cc(C([2H])([2H])C(C)(C)C)c([Si](C)(C)C)cn2)cc1.[Ir]. The first-order valence-corrected chi connectivity index (χ1v) is 24.1. The Kier molecular flexibility index (Phi) is 10.5. The first-order chi connectivity index (χ1) is 30.5. The van der Waals surface area contributed by atoms with E-state index in [-0.39, 0.29) is 31.1 Å². The molecule has 0 amide bonds. The van der Waals surface area contributed by atoms with E-state index in [0.717, 1.165) is 55.2 Å². The van der Waals surface area contributed by atoms with Crippen molar-refractivity contribution in [3.8, 4) is 39.5 Å². The van der Waals surface area contributed by atoms with Gasteiger partial charge in [-0.25, -0.2) is 0 Å². The molecule has 0 fully saturated rings. The van der Waals surface area contributed by atoms with Gasteiger partial charge in [0, 0.05) is 49.8 Å². The van der Waals surface area contributed by atoms with Gasteiger partial charge in [-0.3, -0.25) is 4.98 Å². The molecule has 0 saturated carbocycles. The Hall–Kier alpha value is -5.39. The molecule has 311 valence electrons. The van der Waals surface area contributed by atoms with E-state index in [1.54, 1.807) is 18.3 Å². The van der Waals surface area contributed by atoms with Crippen molar-refractivity contribution in [2.24, 2.45) is 5.41 Å². The summed E-state index contributed by atoms with van der Waals surface area (Å²) in [6.45, 7) is 16.9. The number of hydrogen-bond donors (Lipinski definition) is 0. The molecule has 0 aliphatic carbocycles. The summed E-state index contributed by atoms with van der Waals surface area (Å²) in [6, 6.07) is 51.0. The zero-order chi connectivity index (χ0) is 46.7. The summed E-state index contributed by atoms with van der Waals surface area (Å²) < 4.78 is 48.7. The molecule has 6 aromatic carbocycles. The molecule has 0 aliphatic rings. The van der Waals surface area contributed by atoms with Crippen LogP contribution < -0.4 is 5.19 Å². The second kappa shape index (κ2) is 17.2. The third-order valence-corrected chi connectivity index (χ3v) is 12.6. The summed E-state index contributed by atoms with van der Waals surface area (Å²) in [5.74, 6) is 0.816. The molecule has 0 unspecified atom stereocenters. The molecule has 0 saturated heterocycles. The van der Waals surface area contributed by atoms with Gasteiger partial charge in [0.2, 0.25) is 0 Å². The van der Waals surface area contributed by atoms with Crippen molar-refractivity contribution >= 4 is 46.2 Å². The Morgan fingerprint density at radius 2 is 1.52 bits per heavy atom. The average Bonchev–Trinajstić information content (AvgIpc) is 3.84. The average molecular weight is 999 g/mol. The van der Waals surface area contributed by atoms with E-state index in [2.05, 4.69) is 141 Å². The molecule has 0 N–H and O–H groups in total. The van der Waals surface area contributed by atoms with Gasteiger partial charge in [0.25, 0.3) is 0 Å². The molecule has 0 spiro atoms. The van der Waals surface area contributed by atoms with Gasteiger partial charge in [0.05, 0.1) is 30.5 Å². The van der Waals surface area contributed by atoms with E-state index in [4.69, 9.17) is 16.3 Å². The number of fused-ring (bicyclic) bond motifs is 4. The molecule has 9 rings (SSSR count). The molecular weight excluding hydrogens is 939 g/mol. The topological polar surface area (TPSA) is 43.9 Å². The number of aromatic nitrogens is 3. The number of para-hydroxylation sites is 3. The van der Waals surface area contributed by atoms with Gasteiger partial charge >= 0.3 is 0 Å². The fourth-order valence-electron chi connectivity index (χ4n) is 7.63. The maximum absolute atomic E-state index is 8.79. The Morgan fingerprint density at radius 1 is 0.787 bits per heavy atom. The van der Waals surface area contributed by atoms with Crippen molar-refractivity contribution in [3.05, 3.63) is 168 Å². The molecule has 0 aliphatic heterocycles. The molecule has 0 atom stereocenters. The van der Waals surface area contributed by atoms with Crippen LogP contribution in [-0.4, -0.2) is 22.6 Å². The van der Waals surface area contributed by atoms with Crippen LogP contribution in [0.1, 0.15) is 65.1 Å². The van der Waals surface area contributed by atoms with Crippen LogP contribution >= 0.6 is 0 Å². The van der Waals surface area contributed by atoms with E-state index in [1.807, 2.05) is 57.2 Å². The summed E-state index contributed by atoms with van der Waals surface area (Å²) in [6.07, 6.45) is 0.269. The van der Waals surface area contributed by atoms with Crippen LogP contribution in [0.15, 0.2) is 144 Å². The van der Waals surface area contributed by atoms with Crippen molar-refractivity contribution in [3.63, 3.8) is 0 Å². The van der Waals surface area contributed by atoms with Crippen LogP contribution in [0.25, 0.3) is 72.4 Å². The Balaban J connectivity index is 0.000000206. The summed E-state index contributed by atoms with van der Waals surface area (Å²) in [5, 5.41) is 3.17. The van der Waals surface area contributed by atoms with Crippen molar-refractivity contribution in [2.75, 3.05) is 0 Å². The fraction of sp³-hybridized carbons (Fsp3) is 0.236. The normalized spacial score (nSPS) is 13.7. The number of aryl methyl sites for hydroxylation is 1. The molecule has 61 heavy (non-hydrogen) atoms. The Labute approximate surface area is 383 Å². The summed E-state index contributed by atoms with van der Waals surface area (Å²) in [4.78, 5) is 9.72. The van der Waals surface area contributed by atoms with E-state index in [1.165, 1.54) is 22.8 Å². The number of hydrogen-bond acceptors (Lipinski definition) is 3. The number of benzene rings is 6. The first-order valence-electron chi connectivity index (χ1n) is 23.1. The zero-order valence-electron chi connectivity index (χ0n) is 41.4. The second-order valence-electron chi connectivity index (χ2n) is 18.5. The van der Waals surface area contributed by atoms with Gasteiger partial charge in [0.1, 0.15) is 5.58 Å². The second-order valence-corrected chi connectivity index (χ2v) is 23.6. The van der Waals surface area contributed by atoms with Crippen molar-refractivity contribution in [1.82, 2.24) is 14.5 Å². The van der Waals surface area contributed by atoms with E-state index in [0.29, 0.717) is 16.8 Å². The first kappa shape index (κ1) is 37.4. The van der Waals surface area contributed by atoms with Crippen LogP contribution in [0.2, 0.25) is 19.6 Å². The largest absolute Gasteiger partial charge is 0.501 e. The summed E-state index contributed by atoms with van der Waals surface area (Å²) in [7, 11) is -1.81. The Bertz CT molecular complexity index is 3170. The quantitative estimate of drug-likeness (QED) is 0.123. The number of nitrogens with zero attached hydrogens (tertiary/aromatic N) is 3. The van der Waals surface area contributed by atoms with Gasteiger partial charge in [-0.2, -0.15) is 0 Å². The molecule has 1 radical (unpaired) electrons. The summed E-state index contributed by atoms with van der Waals surface area (Å²) in [5.41, 5.74) is 10.8. The van der Waals surface area contributed by atoms with E-state index < -0.39 is 26.7 Å². The fourth-order valence-corrected chi connectivity index (χ4v) is 9.03. The number of imidazole rings is 1. The zero-order valence-corrected chi connectivity index (χ0v) is 39.8. The number of rotatable bonds is 6. The van der Waals surface area contributed by atoms with Gasteiger partial charge in [-0.15, -0.1) is 53.6 Å². The maximum atomic E-state index is 8.79. The van der Waals surface area contributed by atoms with Gasteiger partial charge < -0.3 is 14.0 Å². The van der Waals surface area contributed by atoms with Gasteiger partial charge in [-0.1, -0.05) is 157 Å². The number of pyridine rings is 1. The number of furan rings is 1. The molecule has 4 nitrogen and oxygen atoms in total. The molecule has 6 heteroatoms. The van der Waals surface area contributed by atoms with Crippen LogP contribution in [0.3, 0.4) is 0 Å². The van der Waals surface area contributed by atoms with Crippen LogP contribution in [0.5, 0.6) is 0 Å². The van der Waals surface area contributed by atoms with Crippen molar-refractivity contribution in [1.29, 1.82) is 0 Å². The maximum Gasteiger partial charge on any atom is 0.120 e. The Morgan fingerprint density at radius 3 is 2.23 bits per heavy atom. The van der Waals surface area contributed by atoms with Crippen LogP contribution in [-0.2, 0) is 31.9 Å². The summed E-state index contributed by atoms with van der Waals surface area (Å²) >= 11 is 0. The molecule has 9 aromatic rings. The van der Waals surface area contributed by atoms with Gasteiger partial charge in [0.15, 0.2) is 0 Å². The molecular formula is C55H55IrN3OSi-2. The molecule has 0 bridgehead atoms. The van der Waals surface area contributed by atoms with Gasteiger partial charge in [-0.05, 0) is 69.5 Å². The molecule has 3 heterocycles. The molecule has 3 aromatic heterocycles. The van der Waals surface area contributed by atoms with E-state index in [9.17, 15) is 0 Å². The minimum atomic E-state index is -2.17. The van der Waals surface area contributed by atoms with Crippen molar-refractivity contribution in [2.45, 2.75) is 79.8 Å². The minimum absolute atomic E-state index is 0. The predicted molar refractivity (Wildman–Crippen MR) is 256 cm³/mol.